The van der Waals surface area contributed by atoms with Crippen LogP contribution in [0.15, 0.2) is 0 Å². The predicted octanol–water partition coefficient (Wildman–Crippen LogP) is 1.00. The molecule has 0 rings (SSSR count). The van der Waals surface area contributed by atoms with Gasteiger partial charge in [0.1, 0.15) is 12.4 Å². The standard InChI is InChI=1S/C6H12O2/c1-3-6(5-7)8-4-2/h5-6H,3-4H2,1-2H3. The number of rotatable bonds is 4. The summed E-state index contributed by atoms with van der Waals surface area (Å²) in [4.78, 5) is 10.0. The lowest BCUT2D eigenvalue weighted by Gasteiger charge is -2.04. The molecule has 1 unspecified atom stereocenters. The molecule has 0 radical (unpaired) electrons. The fourth-order valence-corrected chi connectivity index (χ4v) is 0.467. The predicted molar refractivity (Wildman–Crippen MR) is 31.8 cm³/mol. The highest BCUT2D eigenvalue weighted by Gasteiger charge is 1.99. The van der Waals surface area contributed by atoms with Gasteiger partial charge < -0.3 is 9.53 Å². The summed E-state index contributed by atoms with van der Waals surface area (Å²) < 4.78 is 4.97. The van der Waals surface area contributed by atoms with Crippen LogP contribution in [0, 0.1) is 0 Å². The van der Waals surface area contributed by atoms with Gasteiger partial charge in [0.25, 0.3) is 0 Å². The Labute approximate surface area is 49.8 Å². The van der Waals surface area contributed by atoms with Crippen molar-refractivity contribution in [3.05, 3.63) is 0 Å². The minimum atomic E-state index is -0.181. The van der Waals surface area contributed by atoms with Gasteiger partial charge in [0.05, 0.1) is 0 Å². The van der Waals surface area contributed by atoms with Crippen LogP contribution < -0.4 is 0 Å². The lowest BCUT2D eigenvalue weighted by Crippen LogP contribution is -2.12. The highest BCUT2D eigenvalue weighted by atomic mass is 16.5. The summed E-state index contributed by atoms with van der Waals surface area (Å²) >= 11 is 0. The molecule has 0 fully saturated rings. The molecule has 2 heteroatoms. The van der Waals surface area contributed by atoms with E-state index in [-0.39, 0.29) is 6.10 Å². The number of carbonyl (C=O) groups is 1. The van der Waals surface area contributed by atoms with Crippen molar-refractivity contribution in [2.75, 3.05) is 6.61 Å². The minimum absolute atomic E-state index is 0.181. The number of aldehydes is 1. The smallest absolute Gasteiger partial charge is 0.148 e. The number of hydrogen-bond acceptors (Lipinski definition) is 2. The van der Waals surface area contributed by atoms with Gasteiger partial charge in [-0.3, -0.25) is 0 Å². The molecule has 0 saturated carbocycles. The van der Waals surface area contributed by atoms with Gasteiger partial charge in [-0.05, 0) is 13.3 Å². The topological polar surface area (TPSA) is 26.3 Å². The zero-order chi connectivity index (χ0) is 6.41. The molecule has 8 heavy (non-hydrogen) atoms. The van der Waals surface area contributed by atoms with Crippen molar-refractivity contribution in [3.63, 3.8) is 0 Å². The van der Waals surface area contributed by atoms with Crippen LogP contribution in [0.25, 0.3) is 0 Å². The first-order chi connectivity index (χ1) is 3.85. The van der Waals surface area contributed by atoms with E-state index in [1.807, 2.05) is 13.8 Å². The molecule has 0 saturated heterocycles. The van der Waals surface area contributed by atoms with E-state index in [0.717, 1.165) is 12.7 Å². The average molecular weight is 116 g/mol. The van der Waals surface area contributed by atoms with Crippen molar-refractivity contribution in [1.29, 1.82) is 0 Å². The van der Waals surface area contributed by atoms with Crippen LogP contribution in [0.2, 0.25) is 0 Å². The summed E-state index contributed by atoms with van der Waals surface area (Å²) in [6.07, 6.45) is 1.43. The molecule has 0 aromatic heterocycles. The molecule has 0 bridgehead atoms. The lowest BCUT2D eigenvalue weighted by atomic mass is 10.3. The maximum atomic E-state index is 10.0. The Kier molecular flexibility index (Phi) is 4.56. The van der Waals surface area contributed by atoms with Crippen molar-refractivity contribution in [1.82, 2.24) is 0 Å². The molecule has 0 spiro atoms. The largest absolute Gasteiger partial charge is 0.371 e. The number of hydrogen-bond donors (Lipinski definition) is 0. The Balaban J connectivity index is 3.21. The van der Waals surface area contributed by atoms with E-state index in [1.54, 1.807) is 0 Å². The zero-order valence-corrected chi connectivity index (χ0v) is 5.39. The molecular formula is C6H12O2. The van der Waals surface area contributed by atoms with Crippen molar-refractivity contribution in [3.8, 4) is 0 Å². The van der Waals surface area contributed by atoms with Crippen LogP contribution >= 0.6 is 0 Å². The minimum Gasteiger partial charge on any atom is -0.371 e. The van der Waals surface area contributed by atoms with Gasteiger partial charge in [0.2, 0.25) is 0 Å². The summed E-state index contributed by atoms with van der Waals surface area (Å²) in [7, 11) is 0. The van der Waals surface area contributed by atoms with E-state index in [9.17, 15) is 4.79 Å². The van der Waals surface area contributed by atoms with Crippen molar-refractivity contribution >= 4 is 6.29 Å². The summed E-state index contributed by atoms with van der Waals surface area (Å²) in [5.74, 6) is 0. The first-order valence-electron chi connectivity index (χ1n) is 2.92. The second kappa shape index (κ2) is 4.78. The Morgan fingerprint density at radius 3 is 2.38 bits per heavy atom. The molecule has 0 N–H and O–H groups in total. The van der Waals surface area contributed by atoms with Gasteiger partial charge in [-0.15, -0.1) is 0 Å². The van der Waals surface area contributed by atoms with Crippen LogP contribution in [0.3, 0.4) is 0 Å². The third-order valence-corrected chi connectivity index (χ3v) is 0.935. The number of carbonyl (C=O) groups excluding carboxylic acids is 1. The second-order valence-corrected chi connectivity index (χ2v) is 1.54. The molecular weight excluding hydrogens is 104 g/mol. The van der Waals surface area contributed by atoms with Crippen molar-refractivity contribution < 1.29 is 9.53 Å². The molecule has 0 aliphatic carbocycles. The van der Waals surface area contributed by atoms with Gasteiger partial charge in [-0.2, -0.15) is 0 Å². The molecule has 0 aromatic carbocycles. The van der Waals surface area contributed by atoms with Crippen LogP contribution in [-0.2, 0) is 9.53 Å². The molecule has 0 aromatic rings. The number of ether oxygens (including phenoxy) is 1. The molecule has 0 amide bonds. The first-order valence-corrected chi connectivity index (χ1v) is 2.92. The van der Waals surface area contributed by atoms with Crippen LogP contribution in [0.5, 0.6) is 0 Å². The van der Waals surface area contributed by atoms with Crippen LogP contribution in [0.1, 0.15) is 20.3 Å². The van der Waals surface area contributed by atoms with Gasteiger partial charge >= 0.3 is 0 Å². The lowest BCUT2D eigenvalue weighted by molar-refractivity contribution is -0.117. The fourth-order valence-electron chi connectivity index (χ4n) is 0.467. The highest BCUT2D eigenvalue weighted by molar-refractivity contribution is 5.55. The van der Waals surface area contributed by atoms with E-state index in [1.165, 1.54) is 0 Å². The third kappa shape index (κ3) is 2.75. The summed E-state index contributed by atoms with van der Waals surface area (Å²) in [5.41, 5.74) is 0. The van der Waals surface area contributed by atoms with E-state index in [2.05, 4.69) is 0 Å². The Hall–Kier alpha value is -0.370. The fraction of sp³-hybridized carbons (Fsp3) is 0.833. The summed E-state index contributed by atoms with van der Waals surface area (Å²) in [6, 6.07) is 0. The summed E-state index contributed by atoms with van der Waals surface area (Å²) in [5, 5.41) is 0. The van der Waals surface area contributed by atoms with Crippen molar-refractivity contribution in [2.45, 2.75) is 26.4 Å². The van der Waals surface area contributed by atoms with Crippen LogP contribution in [0.4, 0.5) is 0 Å². The summed E-state index contributed by atoms with van der Waals surface area (Å²) in [6.45, 7) is 4.43. The first kappa shape index (κ1) is 7.63. The molecule has 1 atom stereocenters. The molecule has 0 aliphatic rings. The molecule has 2 nitrogen and oxygen atoms in total. The normalized spacial score (nSPS) is 13.2. The molecule has 48 valence electrons. The van der Waals surface area contributed by atoms with E-state index in [0.29, 0.717) is 6.61 Å². The molecule has 0 aliphatic heterocycles. The quantitative estimate of drug-likeness (QED) is 0.512. The average Bonchev–Trinajstić information content (AvgIpc) is 1.83. The van der Waals surface area contributed by atoms with E-state index < -0.39 is 0 Å². The SMILES string of the molecule is CCOC(C=O)CC. The Bertz CT molecular complexity index is 61.5. The van der Waals surface area contributed by atoms with E-state index in [4.69, 9.17) is 4.74 Å². The maximum absolute atomic E-state index is 10.0. The zero-order valence-electron chi connectivity index (χ0n) is 5.39. The highest BCUT2D eigenvalue weighted by Crippen LogP contribution is 1.91. The van der Waals surface area contributed by atoms with Gasteiger partial charge in [-0.25, -0.2) is 0 Å². The van der Waals surface area contributed by atoms with Crippen LogP contribution in [-0.4, -0.2) is 19.0 Å². The van der Waals surface area contributed by atoms with E-state index >= 15 is 0 Å². The van der Waals surface area contributed by atoms with Gasteiger partial charge in [0, 0.05) is 6.61 Å². The third-order valence-electron chi connectivity index (χ3n) is 0.935. The second-order valence-electron chi connectivity index (χ2n) is 1.54. The molecule has 0 heterocycles. The Morgan fingerprint density at radius 1 is 1.62 bits per heavy atom. The maximum Gasteiger partial charge on any atom is 0.148 e. The van der Waals surface area contributed by atoms with Gasteiger partial charge in [-0.1, -0.05) is 6.92 Å². The monoisotopic (exact) mass is 116 g/mol. The Morgan fingerprint density at radius 2 is 2.25 bits per heavy atom. The van der Waals surface area contributed by atoms with Crippen molar-refractivity contribution in [2.24, 2.45) is 0 Å². The van der Waals surface area contributed by atoms with Gasteiger partial charge in [0.15, 0.2) is 0 Å².